The molecule has 2 nitrogen and oxygen atoms in total. The second-order valence-corrected chi connectivity index (χ2v) is 4.67. The smallest absolute Gasteiger partial charge is 0.0507 e. The van der Waals surface area contributed by atoms with Crippen LogP contribution in [0.25, 0.3) is 0 Å². The van der Waals surface area contributed by atoms with Crippen LogP contribution in [0.5, 0.6) is 0 Å². The van der Waals surface area contributed by atoms with Crippen LogP contribution in [0.4, 0.5) is 5.69 Å². The van der Waals surface area contributed by atoms with Gasteiger partial charge in [-0.25, -0.2) is 0 Å². The van der Waals surface area contributed by atoms with E-state index in [4.69, 9.17) is 5.73 Å². The standard InChI is InChI=1S/C9H12Br2N2/c1-5(13-2)7-3-6(10)4-8(11)9(7)12/h3-5,13H,12H2,1-2H3/t5-/m0/s1. The van der Waals surface area contributed by atoms with Gasteiger partial charge < -0.3 is 11.1 Å². The van der Waals surface area contributed by atoms with E-state index in [-0.39, 0.29) is 6.04 Å². The molecule has 0 spiro atoms. The van der Waals surface area contributed by atoms with Crippen LogP contribution in [0, 0.1) is 0 Å². The molecule has 1 atom stereocenters. The Morgan fingerprint density at radius 1 is 1.38 bits per heavy atom. The quantitative estimate of drug-likeness (QED) is 0.824. The van der Waals surface area contributed by atoms with Crippen molar-refractivity contribution in [3.63, 3.8) is 0 Å². The Labute approximate surface area is 95.2 Å². The van der Waals surface area contributed by atoms with E-state index in [9.17, 15) is 0 Å². The lowest BCUT2D eigenvalue weighted by atomic mass is 10.1. The van der Waals surface area contributed by atoms with Crippen LogP contribution >= 0.6 is 31.9 Å². The Hall–Kier alpha value is -0.0600. The Balaban J connectivity index is 3.20. The van der Waals surface area contributed by atoms with Crippen molar-refractivity contribution in [2.75, 3.05) is 12.8 Å². The minimum atomic E-state index is 0.258. The van der Waals surface area contributed by atoms with Gasteiger partial charge in [0, 0.05) is 15.0 Å². The van der Waals surface area contributed by atoms with Gasteiger partial charge in [0.15, 0.2) is 0 Å². The average molecular weight is 308 g/mol. The number of halogens is 2. The highest BCUT2D eigenvalue weighted by Gasteiger charge is 2.10. The first-order valence-electron chi connectivity index (χ1n) is 3.98. The monoisotopic (exact) mass is 306 g/mol. The summed E-state index contributed by atoms with van der Waals surface area (Å²) in [7, 11) is 1.92. The molecular weight excluding hydrogens is 296 g/mol. The van der Waals surface area contributed by atoms with Gasteiger partial charge in [-0.05, 0) is 47.6 Å². The van der Waals surface area contributed by atoms with Crippen molar-refractivity contribution in [2.45, 2.75) is 13.0 Å². The fourth-order valence-corrected chi connectivity index (χ4v) is 2.38. The van der Waals surface area contributed by atoms with Crippen LogP contribution in [0.3, 0.4) is 0 Å². The molecule has 0 saturated heterocycles. The molecule has 0 amide bonds. The van der Waals surface area contributed by atoms with E-state index in [0.29, 0.717) is 0 Å². The fourth-order valence-electron chi connectivity index (χ4n) is 1.12. The van der Waals surface area contributed by atoms with Crippen LogP contribution in [-0.2, 0) is 0 Å². The van der Waals surface area contributed by atoms with Gasteiger partial charge in [-0.3, -0.25) is 0 Å². The highest BCUT2D eigenvalue weighted by molar-refractivity contribution is 9.11. The van der Waals surface area contributed by atoms with Gasteiger partial charge in [0.25, 0.3) is 0 Å². The largest absolute Gasteiger partial charge is 0.398 e. The third kappa shape index (κ3) is 2.45. The predicted molar refractivity (Wildman–Crippen MR) is 63.7 cm³/mol. The summed E-state index contributed by atoms with van der Waals surface area (Å²) >= 11 is 6.84. The summed E-state index contributed by atoms with van der Waals surface area (Å²) in [5.74, 6) is 0. The molecule has 0 aromatic heterocycles. The Morgan fingerprint density at radius 2 is 2.00 bits per heavy atom. The number of nitrogen functional groups attached to an aromatic ring is 1. The first-order chi connectivity index (χ1) is 6.06. The zero-order valence-corrected chi connectivity index (χ0v) is 10.7. The summed E-state index contributed by atoms with van der Waals surface area (Å²) in [6.45, 7) is 2.07. The second-order valence-electron chi connectivity index (χ2n) is 2.90. The third-order valence-electron chi connectivity index (χ3n) is 2.03. The summed E-state index contributed by atoms with van der Waals surface area (Å²) < 4.78 is 1.96. The molecule has 0 bridgehead atoms. The van der Waals surface area contributed by atoms with Crippen LogP contribution in [0.2, 0.25) is 0 Å². The van der Waals surface area contributed by atoms with Gasteiger partial charge >= 0.3 is 0 Å². The van der Waals surface area contributed by atoms with Crippen molar-refractivity contribution in [3.05, 3.63) is 26.6 Å². The molecule has 0 unspecified atom stereocenters. The van der Waals surface area contributed by atoms with E-state index in [2.05, 4.69) is 44.1 Å². The minimum absolute atomic E-state index is 0.258. The lowest BCUT2D eigenvalue weighted by molar-refractivity contribution is 0.653. The highest BCUT2D eigenvalue weighted by atomic mass is 79.9. The van der Waals surface area contributed by atoms with Crippen LogP contribution in [0.1, 0.15) is 18.5 Å². The van der Waals surface area contributed by atoms with E-state index in [1.807, 2.05) is 19.2 Å². The molecule has 13 heavy (non-hydrogen) atoms. The summed E-state index contributed by atoms with van der Waals surface area (Å²) in [6.07, 6.45) is 0. The normalized spacial score (nSPS) is 12.9. The van der Waals surface area contributed by atoms with E-state index < -0.39 is 0 Å². The summed E-state index contributed by atoms with van der Waals surface area (Å²) in [5, 5.41) is 3.15. The van der Waals surface area contributed by atoms with Gasteiger partial charge in [0.05, 0.1) is 5.69 Å². The molecule has 1 aromatic rings. The van der Waals surface area contributed by atoms with Crippen LogP contribution in [-0.4, -0.2) is 7.05 Å². The maximum atomic E-state index is 5.92. The highest BCUT2D eigenvalue weighted by Crippen LogP contribution is 2.31. The van der Waals surface area contributed by atoms with Crippen molar-refractivity contribution in [2.24, 2.45) is 0 Å². The molecule has 1 aromatic carbocycles. The topological polar surface area (TPSA) is 38.0 Å². The molecular formula is C9H12Br2N2. The second kappa shape index (κ2) is 4.44. The van der Waals surface area contributed by atoms with E-state index in [0.717, 1.165) is 20.2 Å². The van der Waals surface area contributed by atoms with Gasteiger partial charge in [-0.1, -0.05) is 15.9 Å². The van der Waals surface area contributed by atoms with Crippen molar-refractivity contribution in [1.29, 1.82) is 0 Å². The fraction of sp³-hybridized carbons (Fsp3) is 0.333. The summed E-state index contributed by atoms with van der Waals surface area (Å²) in [5.41, 5.74) is 7.82. The zero-order chi connectivity index (χ0) is 10.0. The molecule has 4 heteroatoms. The van der Waals surface area contributed by atoms with E-state index in [1.54, 1.807) is 0 Å². The molecule has 0 saturated carbocycles. The van der Waals surface area contributed by atoms with Crippen molar-refractivity contribution >= 4 is 37.5 Å². The number of rotatable bonds is 2. The molecule has 72 valence electrons. The molecule has 0 aliphatic heterocycles. The maximum absolute atomic E-state index is 5.92. The third-order valence-corrected chi connectivity index (χ3v) is 3.14. The lowest BCUT2D eigenvalue weighted by Crippen LogP contribution is -2.14. The van der Waals surface area contributed by atoms with Crippen molar-refractivity contribution < 1.29 is 0 Å². The lowest BCUT2D eigenvalue weighted by Gasteiger charge is -2.15. The van der Waals surface area contributed by atoms with Crippen molar-refractivity contribution in [3.8, 4) is 0 Å². The Bertz CT molecular complexity index is 313. The molecule has 0 aliphatic rings. The molecule has 0 fully saturated rings. The maximum Gasteiger partial charge on any atom is 0.0507 e. The number of hydrogen-bond acceptors (Lipinski definition) is 2. The molecule has 1 rings (SSSR count). The van der Waals surface area contributed by atoms with Gasteiger partial charge in [0.2, 0.25) is 0 Å². The summed E-state index contributed by atoms with van der Waals surface area (Å²) in [6, 6.07) is 4.23. The van der Waals surface area contributed by atoms with E-state index >= 15 is 0 Å². The summed E-state index contributed by atoms with van der Waals surface area (Å²) in [4.78, 5) is 0. The van der Waals surface area contributed by atoms with Gasteiger partial charge in [0.1, 0.15) is 0 Å². The SMILES string of the molecule is CN[C@@H](C)c1cc(Br)cc(Br)c1N. The average Bonchev–Trinajstić information content (AvgIpc) is 2.10. The molecule has 0 heterocycles. The Kier molecular flexibility index (Phi) is 3.76. The van der Waals surface area contributed by atoms with Crippen LogP contribution < -0.4 is 11.1 Å². The van der Waals surface area contributed by atoms with Gasteiger partial charge in [-0.15, -0.1) is 0 Å². The number of hydrogen-bond donors (Lipinski definition) is 2. The van der Waals surface area contributed by atoms with Gasteiger partial charge in [-0.2, -0.15) is 0 Å². The number of nitrogens with one attached hydrogen (secondary N) is 1. The minimum Gasteiger partial charge on any atom is -0.398 e. The predicted octanol–water partition coefficient (Wildman–Crippen LogP) is 3.07. The first kappa shape index (κ1) is 11.0. The molecule has 0 aliphatic carbocycles. The number of benzene rings is 1. The Morgan fingerprint density at radius 3 is 2.54 bits per heavy atom. The van der Waals surface area contributed by atoms with Crippen molar-refractivity contribution in [1.82, 2.24) is 5.32 Å². The molecule has 0 radical (unpaired) electrons. The first-order valence-corrected chi connectivity index (χ1v) is 5.56. The number of anilines is 1. The van der Waals surface area contributed by atoms with Crippen LogP contribution in [0.15, 0.2) is 21.1 Å². The van der Waals surface area contributed by atoms with E-state index in [1.165, 1.54) is 0 Å². The number of nitrogens with two attached hydrogens (primary N) is 1. The zero-order valence-electron chi connectivity index (χ0n) is 7.57. The molecule has 3 N–H and O–H groups in total.